The number of thioether (sulfide) groups is 1. The van der Waals surface area contributed by atoms with E-state index in [2.05, 4.69) is 6.58 Å². The first-order valence-electron chi connectivity index (χ1n) is 9.43. The van der Waals surface area contributed by atoms with E-state index in [-0.39, 0.29) is 22.9 Å². The van der Waals surface area contributed by atoms with Crippen LogP contribution in [0.1, 0.15) is 22.8 Å². The zero-order valence-corrected chi connectivity index (χ0v) is 18.6. The average Bonchev–Trinajstić information content (AvgIpc) is 3.03. The Kier molecular flexibility index (Phi) is 7.39. The molecule has 8 nitrogen and oxygen atoms in total. The molecule has 0 N–H and O–H groups in total. The minimum absolute atomic E-state index is 0.0385. The number of ether oxygens (including phenoxy) is 2. The number of hydrogen-bond donors (Lipinski definition) is 0. The molecule has 0 bridgehead atoms. The van der Waals surface area contributed by atoms with Gasteiger partial charge in [-0.15, -0.1) is 6.58 Å². The minimum Gasteiger partial charge on any atom is -0.490 e. The van der Waals surface area contributed by atoms with Crippen LogP contribution in [0.2, 0.25) is 0 Å². The van der Waals surface area contributed by atoms with Gasteiger partial charge >= 0.3 is 5.97 Å². The molecule has 1 saturated heterocycles. The molecular weight excluding hydrogens is 452 g/mol. The molecule has 1 heterocycles. The maximum absolute atomic E-state index is 12.5. The van der Waals surface area contributed by atoms with Crippen LogP contribution in [-0.4, -0.2) is 39.2 Å². The van der Waals surface area contributed by atoms with Gasteiger partial charge in [0.05, 0.1) is 22.0 Å². The molecule has 0 unspecified atom stereocenters. The Hall–Kier alpha value is -3.50. The van der Waals surface area contributed by atoms with E-state index in [9.17, 15) is 19.7 Å². The monoisotopic (exact) mass is 470 g/mol. The molecule has 164 valence electrons. The number of esters is 1. The summed E-state index contributed by atoms with van der Waals surface area (Å²) in [5, 5.41) is 10.9. The summed E-state index contributed by atoms with van der Waals surface area (Å²) in [7, 11) is 0. The van der Waals surface area contributed by atoms with E-state index in [1.165, 1.54) is 40.9 Å². The fourth-order valence-corrected chi connectivity index (χ4v) is 4.09. The highest BCUT2D eigenvalue weighted by atomic mass is 32.2. The minimum atomic E-state index is -0.757. The quantitative estimate of drug-likeness (QED) is 0.105. The lowest BCUT2D eigenvalue weighted by atomic mass is 10.1. The van der Waals surface area contributed by atoms with Crippen molar-refractivity contribution in [2.75, 3.05) is 13.2 Å². The first kappa shape index (κ1) is 23.2. The van der Waals surface area contributed by atoms with E-state index in [0.717, 1.165) is 6.07 Å². The van der Waals surface area contributed by atoms with Crippen molar-refractivity contribution in [1.29, 1.82) is 0 Å². The molecule has 0 aliphatic carbocycles. The topological polar surface area (TPSA) is 99.0 Å². The van der Waals surface area contributed by atoms with E-state index in [1.54, 1.807) is 31.2 Å². The first-order valence-corrected chi connectivity index (χ1v) is 10.7. The van der Waals surface area contributed by atoms with E-state index in [0.29, 0.717) is 33.7 Å². The van der Waals surface area contributed by atoms with Gasteiger partial charge in [0.2, 0.25) is 0 Å². The molecule has 0 atom stereocenters. The van der Waals surface area contributed by atoms with Crippen LogP contribution < -0.4 is 9.47 Å². The molecule has 0 saturated carbocycles. The highest BCUT2D eigenvalue weighted by molar-refractivity contribution is 8.26. The summed E-state index contributed by atoms with van der Waals surface area (Å²) in [4.78, 5) is 37.3. The van der Waals surface area contributed by atoms with Gasteiger partial charge in [0.25, 0.3) is 11.6 Å². The molecule has 10 heteroatoms. The van der Waals surface area contributed by atoms with E-state index in [1.807, 2.05) is 0 Å². The number of thiocarbonyl (C=S) groups is 1. The van der Waals surface area contributed by atoms with Crippen LogP contribution in [0.5, 0.6) is 11.5 Å². The van der Waals surface area contributed by atoms with Gasteiger partial charge < -0.3 is 9.47 Å². The zero-order chi connectivity index (χ0) is 23.3. The summed E-state index contributed by atoms with van der Waals surface area (Å²) in [6.45, 7) is 6.05. The smallest absolute Gasteiger partial charge is 0.343 e. The number of non-ortho nitro benzene ring substituents is 1. The predicted molar refractivity (Wildman–Crippen MR) is 126 cm³/mol. The second kappa shape index (κ2) is 10.2. The predicted octanol–water partition coefficient (Wildman–Crippen LogP) is 4.60. The Balaban J connectivity index is 1.85. The first-order chi connectivity index (χ1) is 15.3. The number of nitro groups is 1. The normalized spacial score (nSPS) is 14.5. The van der Waals surface area contributed by atoms with Crippen LogP contribution in [-0.2, 0) is 4.79 Å². The average molecular weight is 471 g/mol. The van der Waals surface area contributed by atoms with Crippen molar-refractivity contribution in [1.82, 2.24) is 4.90 Å². The highest BCUT2D eigenvalue weighted by Crippen LogP contribution is 2.35. The Morgan fingerprint density at radius 2 is 2.06 bits per heavy atom. The van der Waals surface area contributed by atoms with Crippen molar-refractivity contribution >= 4 is 51.9 Å². The van der Waals surface area contributed by atoms with Gasteiger partial charge in [-0.1, -0.05) is 42.2 Å². The number of rotatable bonds is 8. The largest absolute Gasteiger partial charge is 0.490 e. The Morgan fingerprint density at radius 3 is 2.75 bits per heavy atom. The fourth-order valence-electron chi connectivity index (χ4n) is 2.81. The van der Waals surface area contributed by atoms with Gasteiger partial charge in [-0.05, 0) is 36.8 Å². The molecule has 1 fully saturated rings. The summed E-state index contributed by atoms with van der Waals surface area (Å²) < 4.78 is 11.5. The summed E-state index contributed by atoms with van der Waals surface area (Å²) in [5.41, 5.74) is 0.480. The lowest BCUT2D eigenvalue weighted by Crippen LogP contribution is -2.27. The van der Waals surface area contributed by atoms with Crippen LogP contribution in [0.3, 0.4) is 0 Å². The molecule has 32 heavy (non-hydrogen) atoms. The van der Waals surface area contributed by atoms with Crippen molar-refractivity contribution < 1.29 is 24.0 Å². The molecule has 0 aromatic heterocycles. The van der Waals surface area contributed by atoms with Gasteiger partial charge in [0, 0.05) is 18.7 Å². The van der Waals surface area contributed by atoms with Gasteiger partial charge in [-0.3, -0.25) is 19.8 Å². The molecule has 1 amide bonds. The summed E-state index contributed by atoms with van der Waals surface area (Å²) in [5.74, 6) is -0.520. The van der Waals surface area contributed by atoms with Crippen LogP contribution in [0.4, 0.5) is 5.69 Å². The number of benzene rings is 2. The number of carbonyl (C=O) groups excluding carboxylic acids is 2. The highest BCUT2D eigenvalue weighted by Gasteiger charge is 2.31. The third-order valence-corrected chi connectivity index (χ3v) is 5.62. The standard InChI is InChI=1S/C22H18N2O6S2/c1-3-10-23-20(25)19(32-22(23)31)12-14-8-9-17(18(11-14)29-4-2)30-21(26)15-6-5-7-16(13-15)24(27)28/h3,5-9,11-13H,1,4,10H2,2H3/b19-12+. The van der Waals surface area contributed by atoms with Crippen molar-refractivity contribution in [3.8, 4) is 11.5 Å². The van der Waals surface area contributed by atoms with Crippen LogP contribution >= 0.6 is 24.0 Å². The SMILES string of the molecule is C=CCN1C(=O)/C(=C\c2ccc(OC(=O)c3cccc([N+](=O)[O-])c3)c(OCC)c2)SC1=S. The molecule has 2 aromatic carbocycles. The van der Waals surface area contributed by atoms with Crippen molar-refractivity contribution in [3.63, 3.8) is 0 Å². The number of nitro benzene ring substituents is 1. The number of hydrogen-bond acceptors (Lipinski definition) is 8. The Bertz CT molecular complexity index is 1140. The second-order valence-corrected chi connectivity index (χ2v) is 8.09. The van der Waals surface area contributed by atoms with E-state index >= 15 is 0 Å². The fraction of sp³-hybridized carbons (Fsp3) is 0.136. The molecule has 0 spiro atoms. The summed E-state index contributed by atoms with van der Waals surface area (Å²) in [6, 6.07) is 10.1. The van der Waals surface area contributed by atoms with Crippen molar-refractivity contribution in [2.45, 2.75) is 6.92 Å². The third kappa shape index (κ3) is 5.21. The number of nitrogens with zero attached hydrogens (tertiary/aromatic N) is 2. The third-order valence-electron chi connectivity index (χ3n) is 4.25. The molecule has 3 rings (SSSR count). The Morgan fingerprint density at radius 1 is 1.28 bits per heavy atom. The maximum Gasteiger partial charge on any atom is 0.343 e. The summed E-state index contributed by atoms with van der Waals surface area (Å²) >= 11 is 6.43. The van der Waals surface area contributed by atoms with Gasteiger partial charge in [0.15, 0.2) is 11.5 Å². The number of carbonyl (C=O) groups is 2. The van der Waals surface area contributed by atoms with Crippen molar-refractivity contribution in [3.05, 3.63) is 81.3 Å². The van der Waals surface area contributed by atoms with E-state index in [4.69, 9.17) is 21.7 Å². The number of amides is 1. The Labute approximate surface area is 193 Å². The van der Waals surface area contributed by atoms with E-state index < -0.39 is 10.9 Å². The lowest BCUT2D eigenvalue weighted by molar-refractivity contribution is -0.384. The van der Waals surface area contributed by atoms with Crippen LogP contribution in [0.15, 0.2) is 60.0 Å². The van der Waals surface area contributed by atoms with Gasteiger partial charge in [0.1, 0.15) is 4.32 Å². The molecule has 1 aliphatic rings. The summed E-state index contributed by atoms with van der Waals surface area (Å²) in [6.07, 6.45) is 3.28. The van der Waals surface area contributed by atoms with Crippen LogP contribution in [0.25, 0.3) is 6.08 Å². The second-order valence-electron chi connectivity index (χ2n) is 6.42. The molecular formula is C22H18N2O6S2. The molecule has 0 radical (unpaired) electrons. The van der Waals surface area contributed by atoms with Gasteiger partial charge in [-0.2, -0.15) is 0 Å². The van der Waals surface area contributed by atoms with Gasteiger partial charge in [-0.25, -0.2) is 4.79 Å². The van der Waals surface area contributed by atoms with Crippen LogP contribution in [0, 0.1) is 10.1 Å². The lowest BCUT2D eigenvalue weighted by Gasteiger charge is -2.12. The maximum atomic E-state index is 12.5. The zero-order valence-electron chi connectivity index (χ0n) is 17.0. The molecule has 2 aromatic rings. The molecule has 1 aliphatic heterocycles. The van der Waals surface area contributed by atoms with Crippen molar-refractivity contribution in [2.24, 2.45) is 0 Å².